The largest absolute Gasteiger partial charge is 0.481 e. The fourth-order valence-electron chi connectivity index (χ4n) is 1.49. The molecule has 0 aliphatic rings. The highest BCUT2D eigenvalue weighted by molar-refractivity contribution is 5.97. The molecule has 0 bridgehead atoms. The van der Waals surface area contributed by atoms with Gasteiger partial charge in [0.25, 0.3) is 0 Å². The number of hydrogen-bond acceptors (Lipinski definition) is 7. The van der Waals surface area contributed by atoms with Gasteiger partial charge in [-0.05, 0) is 6.92 Å². The zero-order valence-electron chi connectivity index (χ0n) is 11.0. The Bertz CT molecular complexity index is 658. The summed E-state index contributed by atoms with van der Waals surface area (Å²) in [6, 6.07) is 1.51. The quantitative estimate of drug-likeness (QED) is 0.555. The van der Waals surface area contributed by atoms with Crippen LogP contribution < -0.4 is 20.9 Å². The maximum atomic E-state index is 7.51. The number of amidine groups is 1. The summed E-state index contributed by atoms with van der Waals surface area (Å²) < 4.78 is 10.6. The summed E-state index contributed by atoms with van der Waals surface area (Å²) in [6.07, 6.45) is 2.84. The molecular weight excluding hydrogens is 260 g/mol. The minimum absolute atomic E-state index is 0.179. The molecule has 8 heteroatoms. The van der Waals surface area contributed by atoms with Crippen LogP contribution in [0.4, 0.5) is 5.82 Å². The number of nitrogens with zero attached hydrogens (tertiary/aromatic N) is 3. The van der Waals surface area contributed by atoms with E-state index in [0.717, 1.165) is 0 Å². The highest BCUT2D eigenvalue weighted by atomic mass is 16.5. The van der Waals surface area contributed by atoms with Crippen molar-refractivity contribution in [2.75, 3.05) is 12.8 Å². The first-order chi connectivity index (χ1) is 9.51. The van der Waals surface area contributed by atoms with Crippen LogP contribution in [0, 0.1) is 12.3 Å². The molecule has 5 N–H and O–H groups in total. The fourth-order valence-corrected chi connectivity index (χ4v) is 1.49. The Morgan fingerprint density at radius 2 is 2.00 bits per heavy atom. The second kappa shape index (κ2) is 5.39. The third-order valence-electron chi connectivity index (χ3n) is 2.46. The molecule has 0 amide bonds. The number of rotatable bonds is 4. The van der Waals surface area contributed by atoms with Crippen molar-refractivity contribution >= 4 is 11.7 Å². The Labute approximate surface area is 115 Å². The molecule has 104 valence electrons. The van der Waals surface area contributed by atoms with Crippen molar-refractivity contribution in [2.24, 2.45) is 5.73 Å². The molecule has 0 aromatic carbocycles. The lowest BCUT2D eigenvalue weighted by Crippen LogP contribution is -2.13. The van der Waals surface area contributed by atoms with Crippen LogP contribution in [0.3, 0.4) is 0 Å². The summed E-state index contributed by atoms with van der Waals surface area (Å²) >= 11 is 0. The van der Waals surface area contributed by atoms with E-state index in [1.54, 1.807) is 6.92 Å². The van der Waals surface area contributed by atoms with E-state index in [0.29, 0.717) is 23.0 Å². The molecule has 2 aromatic heterocycles. The predicted octanol–water partition coefficient (Wildman–Crippen LogP) is 0.847. The Hall–Kier alpha value is -2.90. The van der Waals surface area contributed by atoms with Gasteiger partial charge in [0, 0.05) is 12.3 Å². The summed E-state index contributed by atoms with van der Waals surface area (Å²) in [6.45, 7) is 1.72. The highest BCUT2D eigenvalue weighted by Gasteiger charge is 2.13. The molecule has 0 fully saturated rings. The molecule has 0 aliphatic carbocycles. The van der Waals surface area contributed by atoms with Crippen molar-refractivity contribution in [1.29, 1.82) is 5.41 Å². The van der Waals surface area contributed by atoms with Crippen molar-refractivity contribution in [3.8, 4) is 17.4 Å². The molecule has 8 nitrogen and oxygen atoms in total. The van der Waals surface area contributed by atoms with Crippen molar-refractivity contribution < 1.29 is 9.47 Å². The zero-order valence-corrected chi connectivity index (χ0v) is 11.0. The first-order valence-corrected chi connectivity index (χ1v) is 5.66. The average molecular weight is 274 g/mol. The fraction of sp³-hybridized carbons (Fsp3) is 0.167. The smallest absolute Gasteiger partial charge is 0.216 e. The lowest BCUT2D eigenvalue weighted by atomic mass is 10.2. The molecular formula is C12H14N6O2. The lowest BCUT2D eigenvalue weighted by Gasteiger charge is -2.12. The molecule has 0 saturated carbocycles. The number of aromatic nitrogens is 3. The van der Waals surface area contributed by atoms with E-state index in [2.05, 4.69) is 15.0 Å². The Balaban J connectivity index is 2.43. The van der Waals surface area contributed by atoms with Gasteiger partial charge in [0.15, 0.2) is 11.6 Å². The van der Waals surface area contributed by atoms with Gasteiger partial charge in [-0.25, -0.2) is 15.0 Å². The van der Waals surface area contributed by atoms with Crippen molar-refractivity contribution in [3.63, 3.8) is 0 Å². The Morgan fingerprint density at radius 3 is 2.60 bits per heavy atom. The number of hydrogen-bond donors (Lipinski definition) is 3. The highest BCUT2D eigenvalue weighted by Crippen LogP contribution is 2.29. The lowest BCUT2D eigenvalue weighted by molar-refractivity contribution is 0.392. The number of nitrogens with two attached hydrogens (primary N) is 2. The summed E-state index contributed by atoms with van der Waals surface area (Å²) in [5.41, 5.74) is 11.6. The first-order valence-electron chi connectivity index (χ1n) is 5.66. The van der Waals surface area contributed by atoms with Crippen molar-refractivity contribution in [2.45, 2.75) is 6.92 Å². The molecule has 0 saturated heterocycles. The third-order valence-corrected chi connectivity index (χ3v) is 2.46. The van der Waals surface area contributed by atoms with Crippen LogP contribution in [0.2, 0.25) is 0 Å². The van der Waals surface area contributed by atoms with E-state index in [4.69, 9.17) is 26.4 Å². The molecule has 2 aromatic rings. The second-order valence-corrected chi connectivity index (χ2v) is 3.91. The number of nitrogen functional groups attached to an aromatic ring is 2. The summed E-state index contributed by atoms with van der Waals surface area (Å²) in [4.78, 5) is 12.0. The number of ether oxygens (including phenoxy) is 2. The van der Waals surface area contributed by atoms with E-state index in [9.17, 15) is 0 Å². The molecule has 0 radical (unpaired) electrons. The van der Waals surface area contributed by atoms with Crippen LogP contribution in [-0.2, 0) is 0 Å². The number of nitrogens with one attached hydrogen (secondary N) is 1. The SMILES string of the molecule is COc1cc(Oc2cnc(C)nc2N)c(C(=N)N)cn1. The van der Waals surface area contributed by atoms with Gasteiger partial charge in [-0.3, -0.25) is 5.41 Å². The molecule has 0 aliphatic heterocycles. The first kappa shape index (κ1) is 13.5. The van der Waals surface area contributed by atoms with Crippen molar-refractivity contribution in [1.82, 2.24) is 15.0 Å². The van der Waals surface area contributed by atoms with E-state index < -0.39 is 0 Å². The normalized spacial score (nSPS) is 10.1. The molecule has 2 rings (SSSR count). The van der Waals surface area contributed by atoms with Crippen LogP contribution in [0.25, 0.3) is 0 Å². The minimum Gasteiger partial charge on any atom is -0.481 e. The van der Waals surface area contributed by atoms with Gasteiger partial charge in [-0.15, -0.1) is 0 Å². The van der Waals surface area contributed by atoms with Crippen LogP contribution in [0.15, 0.2) is 18.5 Å². The van der Waals surface area contributed by atoms with Gasteiger partial charge < -0.3 is 20.9 Å². The van der Waals surface area contributed by atoms with E-state index >= 15 is 0 Å². The third kappa shape index (κ3) is 2.74. The molecule has 0 unspecified atom stereocenters. The van der Waals surface area contributed by atoms with Crippen molar-refractivity contribution in [3.05, 3.63) is 29.8 Å². The van der Waals surface area contributed by atoms with Crippen LogP contribution in [-0.4, -0.2) is 27.9 Å². The minimum atomic E-state index is -0.179. The van der Waals surface area contributed by atoms with Gasteiger partial charge in [0.2, 0.25) is 5.88 Å². The molecule has 0 atom stereocenters. The van der Waals surface area contributed by atoms with Crippen LogP contribution in [0.1, 0.15) is 11.4 Å². The summed E-state index contributed by atoms with van der Waals surface area (Å²) in [5.74, 6) is 1.45. The Morgan fingerprint density at radius 1 is 1.25 bits per heavy atom. The maximum Gasteiger partial charge on any atom is 0.216 e. The van der Waals surface area contributed by atoms with Crippen LogP contribution >= 0.6 is 0 Å². The van der Waals surface area contributed by atoms with Crippen LogP contribution in [0.5, 0.6) is 17.4 Å². The van der Waals surface area contributed by atoms with Gasteiger partial charge in [0.1, 0.15) is 17.4 Å². The number of aryl methyl sites for hydroxylation is 1. The number of pyridine rings is 1. The van der Waals surface area contributed by atoms with Gasteiger partial charge >= 0.3 is 0 Å². The van der Waals surface area contributed by atoms with Gasteiger partial charge in [0.05, 0.1) is 18.9 Å². The number of methoxy groups -OCH3 is 1. The topological polar surface area (TPSA) is 133 Å². The second-order valence-electron chi connectivity index (χ2n) is 3.91. The summed E-state index contributed by atoms with van der Waals surface area (Å²) in [7, 11) is 1.48. The average Bonchev–Trinajstić information content (AvgIpc) is 2.41. The van der Waals surface area contributed by atoms with E-state index in [-0.39, 0.29) is 17.4 Å². The van der Waals surface area contributed by atoms with Gasteiger partial charge in [-0.1, -0.05) is 0 Å². The van der Waals surface area contributed by atoms with E-state index in [1.807, 2.05) is 0 Å². The number of anilines is 1. The summed E-state index contributed by atoms with van der Waals surface area (Å²) in [5, 5.41) is 7.51. The molecule has 20 heavy (non-hydrogen) atoms. The maximum absolute atomic E-state index is 7.51. The van der Waals surface area contributed by atoms with Gasteiger partial charge in [-0.2, -0.15) is 0 Å². The molecule has 2 heterocycles. The zero-order chi connectivity index (χ0) is 14.7. The monoisotopic (exact) mass is 274 g/mol. The molecule has 0 spiro atoms. The standard InChI is InChI=1S/C12H14N6O2/c1-6-16-5-9(12(15)18-6)20-8-3-10(19-2)17-4-7(8)11(13)14/h3-5H,1-2H3,(H3,13,14)(H2,15,16,18). The van der Waals surface area contributed by atoms with E-state index in [1.165, 1.54) is 25.6 Å². The Kier molecular flexibility index (Phi) is 3.65. The predicted molar refractivity (Wildman–Crippen MR) is 73.1 cm³/mol.